The van der Waals surface area contributed by atoms with Crippen LogP contribution in [-0.4, -0.2) is 60.1 Å². The van der Waals surface area contributed by atoms with E-state index in [1.165, 1.54) is 5.56 Å². The second kappa shape index (κ2) is 8.33. The Kier molecular flexibility index (Phi) is 5.91. The van der Waals surface area contributed by atoms with Crippen LogP contribution in [0, 0.1) is 0 Å². The molecule has 5 heteroatoms. The van der Waals surface area contributed by atoms with Gasteiger partial charge in [0.25, 0.3) is 0 Å². The number of ether oxygens (including phenoxy) is 1. The van der Waals surface area contributed by atoms with Gasteiger partial charge in [-0.1, -0.05) is 30.3 Å². The molecule has 2 aromatic rings. The van der Waals surface area contributed by atoms with Gasteiger partial charge in [0.05, 0.1) is 12.3 Å². The summed E-state index contributed by atoms with van der Waals surface area (Å²) in [6.07, 6.45) is 2.87. The molecule has 0 aliphatic carbocycles. The Bertz CT molecular complexity index is 632. The minimum absolute atomic E-state index is 0.0309. The second-order valence-corrected chi connectivity index (χ2v) is 6.54. The lowest BCUT2D eigenvalue weighted by Gasteiger charge is -2.32. The van der Waals surface area contributed by atoms with Crippen LogP contribution in [0.25, 0.3) is 0 Å². The van der Waals surface area contributed by atoms with E-state index in [-0.39, 0.29) is 6.10 Å². The SMILES string of the molecule is CN(C)Cc1ccnc([C@@H]2CN(CCc3ccccc3)CCO2)n1. The quantitative estimate of drug-likeness (QED) is 0.814. The molecule has 1 fully saturated rings. The monoisotopic (exact) mass is 326 g/mol. The van der Waals surface area contributed by atoms with Crippen molar-refractivity contribution in [2.24, 2.45) is 0 Å². The summed E-state index contributed by atoms with van der Waals surface area (Å²) in [7, 11) is 4.09. The maximum atomic E-state index is 5.93. The first kappa shape index (κ1) is 17.0. The first-order chi connectivity index (χ1) is 11.7. The first-order valence-corrected chi connectivity index (χ1v) is 8.55. The molecule has 1 atom stereocenters. The van der Waals surface area contributed by atoms with Crippen LogP contribution in [-0.2, 0) is 17.7 Å². The van der Waals surface area contributed by atoms with Gasteiger partial charge in [-0.3, -0.25) is 4.90 Å². The van der Waals surface area contributed by atoms with Gasteiger partial charge in [-0.25, -0.2) is 9.97 Å². The van der Waals surface area contributed by atoms with E-state index >= 15 is 0 Å². The second-order valence-electron chi connectivity index (χ2n) is 6.54. The average molecular weight is 326 g/mol. The highest BCUT2D eigenvalue weighted by molar-refractivity contribution is 5.15. The standard InChI is InChI=1S/C19H26N4O/c1-22(2)14-17-8-10-20-19(21-17)18-15-23(12-13-24-18)11-9-16-6-4-3-5-7-16/h3-8,10,18H,9,11-15H2,1-2H3/t18-/m0/s1. The molecule has 0 spiro atoms. The van der Waals surface area contributed by atoms with E-state index in [1.807, 2.05) is 26.4 Å². The van der Waals surface area contributed by atoms with E-state index < -0.39 is 0 Å². The molecule has 1 aliphatic rings. The lowest BCUT2D eigenvalue weighted by Crippen LogP contribution is -2.40. The predicted octanol–water partition coefficient (Wildman–Crippen LogP) is 2.15. The molecule has 0 bridgehead atoms. The molecule has 128 valence electrons. The van der Waals surface area contributed by atoms with Crippen LogP contribution in [0.2, 0.25) is 0 Å². The number of morpholine rings is 1. The number of hydrogen-bond donors (Lipinski definition) is 0. The van der Waals surface area contributed by atoms with Crippen LogP contribution in [0.3, 0.4) is 0 Å². The molecule has 0 radical (unpaired) electrons. The van der Waals surface area contributed by atoms with E-state index in [1.54, 1.807) is 0 Å². The minimum Gasteiger partial charge on any atom is -0.368 e. The lowest BCUT2D eigenvalue weighted by molar-refractivity contribution is -0.0340. The van der Waals surface area contributed by atoms with Crippen molar-refractivity contribution < 1.29 is 4.74 Å². The number of rotatable bonds is 6. The molecule has 0 saturated carbocycles. The molecule has 1 aromatic carbocycles. The molecule has 3 rings (SSSR count). The Morgan fingerprint density at radius 2 is 2.04 bits per heavy atom. The van der Waals surface area contributed by atoms with Gasteiger partial charge in [0.1, 0.15) is 6.10 Å². The summed E-state index contributed by atoms with van der Waals surface area (Å²) in [6.45, 7) is 4.43. The summed E-state index contributed by atoms with van der Waals surface area (Å²) in [5, 5.41) is 0. The summed E-state index contributed by atoms with van der Waals surface area (Å²) in [4.78, 5) is 13.7. The topological polar surface area (TPSA) is 41.5 Å². The van der Waals surface area contributed by atoms with E-state index in [4.69, 9.17) is 4.74 Å². The highest BCUT2D eigenvalue weighted by Gasteiger charge is 2.24. The zero-order valence-corrected chi connectivity index (χ0v) is 14.6. The third kappa shape index (κ3) is 4.84. The van der Waals surface area contributed by atoms with Crippen LogP contribution in [0.4, 0.5) is 0 Å². The van der Waals surface area contributed by atoms with Gasteiger partial charge in [-0.15, -0.1) is 0 Å². The number of benzene rings is 1. The average Bonchev–Trinajstić information content (AvgIpc) is 2.61. The van der Waals surface area contributed by atoms with Gasteiger partial charge in [-0.2, -0.15) is 0 Å². The Hall–Kier alpha value is -1.82. The molecule has 1 aliphatic heterocycles. The van der Waals surface area contributed by atoms with Crippen molar-refractivity contribution in [1.82, 2.24) is 19.8 Å². The largest absolute Gasteiger partial charge is 0.368 e. The fraction of sp³-hybridized carbons (Fsp3) is 0.474. The van der Waals surface area contributed by atoms with Crippen LogP contribution >= 0.6 is 0 Å². The molecule has 1 saturated heterocycles. The summed E-state index contributed by atoms with van der Waals surface area (Å²) in [5.74, 6) is 0.804. The summed E-state index contributed by atoms with van der Waals surface area (Å²) in [5.41, 5.74) is 2.42. The van der Waals surface area contributed by atoms with Crippen LogP contribution in [0.15, 0.2) is 42.6 Å². The van der Waals surface area contributed by atoms with E-state index in [9.17, 15) is 0 Å². The fourth-order valence-electron chi connectivity index (χ4n) is 2.97. The molecule has 5 nitrogen and oxygen atoms in total. The van der Waals surface area contributed by atoms with E-state index in [0.717, 1.165) is 50.7 Å². The van der Waals surface area contributed by atoms with Crippen LogP contribution in [0.5, 0.6) is 0 Å². The highest BCUT2D eigenvalue weighted by atomic mass is 16.5. The van der Waals surface area contributed by atoms with Gasteiger partial charge in [0, 0.05) is 32.4 Å². The normalized spacial score (nSPS) is 18.9. The van der Waals surface area contributed by atoms with Crippen molar-refractivity contribution in [3.05, 3.63) is 59.7 Å². The number of hydrogen-bond acceptors (Lipinski definition) is 5. The summed E-state index contributed by atoms with van der Waals surface area (Å²) >= 11 is 0. The van der Waals surface area contributed by atoms with Crippen LogP contribution < -0.4 is 0 Å². The Morgan fingerprint density at radius 3 is 2.83 bits per heavy atom. The molecule has 0 amide bonds. The third-order valence-corrected chi connectivity index (χ3v) is 4.21. The van der Waals surface area contributed by atoms with Gasteiger partial charge < -0.3 is 9.64 Å². The number of aromatic nitrogens is 2. The van der Waals surface area contributed by atoms with Crippen molar-refractivity contribution >= 4 is 0 Å². The maximum Gasteiger partial charge on any atom is 0.158 e. The highest BCUT2D eigenvalue weighted by Crippen LogP contribution is 2.19. The lowest BCUT2D eigenvalue weighted by atomic mass is 10.1. The van der Waals surface area contributed by atoms with Crippen molar-refractivity contribution in [3.63, 3.8) is 0 Å². The zero-order chi connectivity index (χ0) is 16.8. The number of nitrogens with zero attached hydrogens (tertiary/aromatic N) is 4. The zero-order valence-electron chi connectivity index (χ0n) is 14.6. The summed E-state index contributed by atoms with van der Waals surface area (Å²) in [6, 6.07) is 12.6. The predicted molar refractivity (Wildman–Crippen MR) is 94.7 cm³/mol. The summed E-state index contributed by atoms with van der Waals surface area (Å²) < 4.78 is 5.93. The molecule has 2 heterocycles. The Balaban J connectivity index is 1.59. The van der Waals surface area contributed by atoms with Gasteiger partial charge >= 0.3 is 0 Å². The van der Waals surface area contributed by atoms with Crippen molar-refractivity contribution in [1.29, 1.82) is 0 Å². The van der Waals surface area contributed by atoms with Gasteiger partial charge in [0.2, 0.25) is 0 Å². The van der Waals surface area contributed by atoms with Crippen molar-refractivity contribution in [2.45, 2.75) is 19.1 Å². The van der Waals surface area contributed by atoms with Crippen molar-refractivity contribution in [2.75, 3.05) is 40.3 Å². The molecule has 0 unspecified atom stereocenters. The molecular formula is C19H26N4O. The smallest absolute Gasteiger partial charge is 0.158 e. The molecule has 0 N–H and O–H groups in total. The van der Waals surface area contributed by atoms with Crippen LogP contribution in [0.1, 0.15) is 23.2 Å². The fourth-order valence-corrected chi connectivity index (χ4v) is 2.97. The molecule has 24 heavy (non-hydrogen) atoms. The Labute approximate surface area is 144 Å². The van der Waals surface area contributed by atoms with Crippen molar-refractivity contribution in [3.8, 4) is 0 Å². The van der Waals surface area contributed by atoms with Gasteiger partial charge in [-0.05, 0) is 32.1 Å². The van der Waals surface area contributed by atoms with Gasteiger partial charge in [0.15, 0.2) is 5.82 Å². The third-order valence-electron chi connectivity index (χ3n) is 4.21. The minimum atomic E-state index is -0.0309. The molecular weight excluding hydrogens is 300 g/mol. The maximum absolute atomic E-state index is 5.93. The Morgan fingerprint density at radius 1 is 1.21 bits per heavy atom. The van der Waals surface area contributed by atoms with E-state index in [2.05, 4.69) is 50.1 Å². The molecule has 1 aromatic heterocycles. The first-order valence-electron chi connectivity index (χ1n) is 8.55. The van der Waals surface area contributed by atoms with E-state index in [0.29, 0.717) is 0 Å².